The van der Waals surface area contributed by atoms with Gasteiger partial charge in [0.1, 0.15) is 6.04 Å². The summed E-state index contributed by atoms with van der Waals surface area (Å²) in [4.78, 5) is 22.0. The van der Waals surface area contributed by atoms with E-state index < -0.39 is 29.7 Å². The van der Waals surface area contributed by atoms with Crippen molar-refractivity contribution in [3.8, 4) is 0 Å². The van der Waals surface area contributed by atoms with E-state index in [2.05, 4.69) is 0 Å². The van der Waals surface area contributed by atoms with Crippen LogP contribution in [0.1, 0.15) is 20.3 Å². The zero-order valence-corrected chi connectivity index (χ0v) is 10.3. The van der Waals surface area contributed by atoms with Gasteiger partial charge in [0.2, 0.25) is 0 Å². The molecular weight excluding hydrogens is 254 g/mol. The highest BCUT2D eigenvalue weighted by molar-refractivity contribution is 6.14. The molecule has 0 fully saturated rings. The summed E-state index contributed by atoms with van der Waals surface area (Å²) in [5.41, 5.74) is 8.53. The second kappa shape index (κ2) is 8.20. The summed E-state index contributed by atoms with van der Waals surface area (Å²) >= 11 is 4.97. The number of aliphatic hydroxyl groups is 1. The van der Waals surface area contributed by atoms with Gasteiger partial charge in [-0.25, -0.2) is 9.63 Å². The van der Waals surface area contributed by atoms with Gasteiger partial charge in [-0.3, -0.25) is 4.79 Å². The van der Waals surface area contributed by atoms with Gasteiger partial charge in [-0.05, 0) is 25.1 Å². The van der Waals surface area contributed by atoms with Crippen molar-refractivity contribution in [2.45, 2.75) is 38.1 Å². The monoisotopic (exact) mass is 271 g/mol. The van der Waals surface area contributed by atoms with E-state index in [1.807, 2.05) is 4.84 Å². The second-order valence-corrected chi connectivity index (χ2v) is 3.58. The Hall–Kier alpha value is -0.930. The van der Waals surface area contributed by atoms with Crippen LogP contribution in [0.4, 0.5) is 0 Å². The SMILES string of the molecule is CCC(N)(N)C(=O)O.C[C@@H](O)[C@H](NCl)C(=O)O. The molecule has 0 spiro atoms. The van der Waals surface area contributed by atoms with Crippen LogP contribution >= 0.6 is 11.8 Å². The van der Waals surface area contributed by atoms with Crippen molar-refractivity contribution in [1.82, 2.24) is 4.84 Å². The van der Waals surface area contributed by atoms with Gasteiger partial charge >= 0.3 is 11.9 Å². The van der Waals surface area contributed by atoms with Crippen LogP contribution in [-0.2, 0) is 9.59 Å². The highest BCUT2D eigenvalue weighted by Gasteiger charge is 2.25. The maximum absolute atomic E-state index is 10.1. The largest absolute Gasteiger partial charge is 0.480 e. The first-order valence-electron chi connectivity index (χ1n) is 4.68. The van der Waals surface area contributed by atoms with E-state index >= 15 is 0 Å². The third-order valence-corrected chi connectivity index (χ3v) is 2.08. The summed E-state index contributed by atoms with van der Waals surface area (Å²) in [6, 6.07) is -1.09. The molecule has 9 heteroatoms. The van der Waals surface area contributed by atoms with Crippen molar-refractivity contribution >= 4 is 23.7 Å². The van der Waals surface area contributed by atoms with Gasteiger partial charge in [-0.1, -0.05) is 6.92 Å². The number of aliphatic carboxylic acids is 2. The molecule has 2 atom stereocenters. The van der Waals surface area contributed by atoms with Crippen molar-refractivity contribution < 1.29 is 24.9 Å². The van der Waals surface area contributed by atoms with Crippen LogP contribution in [0.15, 0.2) is 0 Å². The number of nitrogens with one attached hydrogen (secondary N) is 1. The summed E-state index contributed by atoms with van der Waals surface area (Å²) in [5, 5.41) is 25.1. The molecule has 8 N–H and O–H groups in total. The first-order valence-corrected chi connectivity index (χ1v) is 5.06. The van der Waals surface area contributed by atoms with Crippen molar-refractivity contribution in [1.29, 1.82) is 0 Å². The first-order chi connectivity index (χ1) is 7.60. The average molecular weight is 272 g/mol. The number of carboxylic acid groups (broad SMARTS) is 2. The molecule has 0 amide bonds. The molecule has 0 aliphatic heterocycles. The van der Waals surface area contributed by atoms with Crippen LogP contribution < -0.4 is 16.3 Å². The van der Waals surface area contributed by atoms with Crippen LogP contribution in [0, 0.1) is 0 Å². The van der Waals surface area contributed by atoms with Crippen LogP contribution in [0.2, 0.25) is 0 Å². The fourth-order valence-electron chi connectivity index (χ4n) is 0.495. The number of rotatable bonds is 5. The lowest BCUT2D eigenvalue weighted by atomic mass is 10.1. The number of carboxylic acids is 2. The fraction of sp³-hybridized carbons (Fsp3) is 0.750. The molecule has 0 aromatic carbocycles. The summed E-state index contributed by atoms with van der Waals surface area (Å²) in [5.74, 6) is -2.33. The molecular formula is C8H18ClN3O5. The Balaban J connectivity index is 0. The number of aliphatic hydroxyl groups excluding tert-OH is 1. The van der Waals surface area contributed by atoms with Gasteiger partial charge in [0, 0.05) is 0 Å². The van der Waals surface area contributed by atoms with Gasteiger partial charge in [0.15, 0.2) is 5.66 Å². The van der Waals surface area contributed by atoms with E-state index in [0.29, 0.717) is 0 Å². The van der Waals surface area contributed by atoms with Crippen molar-refractivity contribution in [2.75, 3.05) is 0 Å². The molecule has 102 valence electrons. The van der Waals surface area contributed by atoms with Gasteiger partial charge in [-0.15, -0.1) is 0 Å². The van der Waals surface area contributed by atoms with E-state index in [-0.39, 0.29) is 6.42 Å². The topological polar surface area (TPSA) is 159 Å². The Morgan fingerprint density at radius 3 is 1.82 bits per heavy atom. The van der Waals surface area contributed by atoms with Crippen molar-refractivity contribution in [3.05, 3.63) is 0 Å². The van der Waals surface area contributed by atoms with Gasteiger partial charge in [-0.2, -0.15) is 0 Å². The summed E-state index contributed by atoms with van der Waals surface area (Å²) in [6.07, 6.45) is -0.748. The smallest absolute Gasteiger partial charge is 0.338 e. The minimum atomic E-state index is -1.54. The van der Waals surface area contributed by atoms with Gasteiger partial charge < -0.3 is 26.8 Å². The molecule has 0 radical (unpaired) electrons. The summed E-state index contributed by atoms with van der Waals surface area (Å²) < 4.78 is 0. The lowest BCUT2D eigenvalue weighted by molar-refractivity contribution is -0.143. The fourth-order valence-corrected chi connectivity index (χ4v) is 0.771. The minimum Gasteiger partial charge on any atom is -0.480 e. The molecule has 0 heterocycles. The van der Waals surface area contributed by atoms with E-state index in [0.717, 1.165) is 0 Å². The van der Waals surface area contributed by atoms with Gasteiger partial charge in [0.25, 0.3) is 0 Å². The van der Waals surface area contributed by atoms with E-state index in [9.17, 15) is 9.59 Å². The number of halogens is 1. The molecule has 0 rings (SSSR count). The Morgan fingerprint density at radius 1 is 1.41 bits per heavy atom. The highest BCUT2D eigenvalue weighted by Crippen LogP contribution is 1.94. The number of hydrogen-bond donors (Lipinski definition) is 6. The second-order valence-electron chi connectivity index (χ2n) is 3.36. The zero-order chi connectivity index (χ0) is 14.2. The Kier molecular flexibility index (Phi) is 8.90. The molecule has 0 unspecified atom stereocenters. The third-order valence-electron chi connectivity index (χ3n) is 1.85. The Morgan fingerprint density at radius 2 is 1.82 bits per heavy atom. The molecule has 0 saturated carbocycles. The van der Waals surface area contributed by atoms with Crippen LogP contribution in [-0.4, -0.2) is 45.1 Å². The molecule has 0 aromatic heterocycles. The lowest BCUT2D eigenvalue weighted by Crippen LogP contribution is -2.55. The Bertz CT molecular complexity index is 260. The van der Waals surface area contributed by atoms with Crippen LogP contribution in [0.5, 0.6) is 0 Å². The van der Waals surface area contributed by atoms with E-state index in [1.54, 1.807) is 6.92 Å². The molecule has 0 bridgehead atoms. The quantitative estimate of drug-likeness (QED) is 0.265. The number of carbonyl (C=O) groups is 2. The van der Waals surface area contributed by atoms with Crippen LogP contribution in [0.25, 0.3) is 0 Å². The Labute approximate surface area is 104 Å². The summed E-state index contributed by atoms with van der Waals surface area (Å²) in [6.45, 7) is 2.96. The van der Waals surface area contributed by atoms with E-state index in [1.165, 1.54) is 6.92 Å². The summed E-state index contributed by atoms with van der Waals surface area (Å²) in [7, 11) is 0. The predicted octanol–water partition coefficient (Wildman–Crippen LogP) is -1.34. The van der Waals surface area contributed by atoms with Gasteiger partial charge in [0.05, 0.1) is 6.10 Å². The predicted molar refractivity (Wildman–Crippen MR) is 61.1 cm³/mol. The standard InChI is InChI=1S/C4H8ClNO3.C4H10N2O2/c1-2(7)3(6-5)4(8)9;1-2-4(5,6)3(7)8/h2-3,6-7H,1H3,(H,8,9);2,5-6H2,1H3,(H,7,8)/t2-,3+;/m1./s1. The van der Waals surface area contributed by atoms with Crippen LogP contribution in [0.3, 0.4) is 0 Å². The van der Waals surface area contributed by atoms with Crippen molar-refractivity contribution in [2.24, 2.45) is 11.5 Å². The number of nitrogens with two attached hydrogens (primary N) is 2. The molecule has 8 nitrogen and oxygen atoms in total. The third kappa shape index (κ3) is 7.88. The maximum Gasteiger partial charge on any atom is 0.338 e. The molecule has 0 saturated heterocycles. The molecule has 17 heavy (non-hydrogen) atoms. The van der Waals surface area contributed by atoms with Crippen molar-refractivity contribution in [3.63, 3.8) is 0 Å². The molecule has 0 aliphatic carbocycles. The molecule has 0 aromatic rings. The minimum absolute atomic E-state index is 0.238. The first kappa shape index (κ1) is 18.4. The van der Waals surface area contributed by atoms with E-state index in [4.69, 9.17) is 38.6 Å². The molecule has 0 aliphatic rings. The normalized spacial score (nSPS) is 14.2. The average Bonchev–Trinajstić information content (AvgIpc) is 2.18. The number of hydrogen-bond acceptors (Lipinski definition) is 6. The zero-order valence-electron chi connectivity index (χ0n) is 9.55. The highest BCUT2D eigenvalue weighted by atomic mass is 35.5. The maximum atomic E-state index is 10.1. The lowest BCUT2D eigenvalue weighted by Gasteiger charge is -2.14.